The van der Waals surface area contributed by atoms with Crippen LogP contribution in [0, 0.1) is 5.92 Å². The molecule has 142 valence electrons. The molecule has 0 bridgehead atoms. The molecule has 3 N–H and O–H groups in total. The Bertz CT molecular complexity index is 718. The molecule has 2 aromatic rings. The first-order valence-corrected chi connectivity index (χ1v) is 10.8. The van der Waals surface area contributed by atoms with Crippen molar-refractivity contribution in [3.8, 4) is 0 Å². The number of aromatic nitrogens is 3. The number of hydrogen-bond donors (Lipinski definition) is 2. The SMILES string of the molecule is Cn1c(N)nnc1SCCCNCCCC1CCc2cccc(Cl)c2C1. The fraction of sp³-hybridized carbons (Fsp3) is 0.579. The predicted octanol–water partition coefficient (Wildman–Crippen LogP) is 3.71. The molecule has 1 unspecified atom stereocenters. The van der Waals surface area contributed by atoms with Crippen molar-refractivity contribution in [1.82, 2.24) is 20.1 Å². The summed E-state index contributed by atoms with van der Waals surface area (Å²) in [5.41, 5.74) is 8.52. The Hall–Kier alpha value is -1.24. The molecule has 1 atom stereocenters. The lowest BCUT2D eigenvalue weighted by Crippen LogP contribution is -2.20. The van der Waals surface area contributed by atoms with Crippen molar-refractivity contribution < 1.29 is 0 Å². The van der Waals surface area contributed by atoms with Gasteiger partial charge in [0.15, 0.2) is 5.16 Å². The average molecular weight is 394 g/mol. The van der Waals surface area contributed by atoms with Crippen LogP contribution in [0.15, 0.2) is 23.4 Å². The van der Waals surface area contributed by atoms with Crippen LogP contribution in [0.5, 0.6) is 0 Å². The number of thioether (sulfide) groups is 1. The normalized spacial score (nSPS) is 16.6. The van der Waals surface area contributed by atoms with E-state index in [4.69, 9.17) is 17.3 Å². The van der Waals surface area contributed by atoms with E-state index in [1.165, 1.54) is 36.8 Å². The fourth-order valence-electron chi connectivity index (χ4n) is 3.52. The van der Waals surface area contributed by atoms with Crippen LogP contribution in [-0.2, 0) is 19.9 Å². The number of nitrogen functional groups attached to an aromatic ring is 1. The number of nitrogens with zero attached hydrogens (tertiary/aromatic N) is 3. The molecular formula is C19H28ClN5S. The Morgan fingerprint density at radius 2 is 2.15 bits per heavy atom. The lowest BCUT2D eigenvalue weighted by atomic mass is 9.81. The van der Waals surface area contributed by atoms with Gasteiger partial charge in [0.1, 0.15) is 0 Å². The van der Waals surface area contributed by atoms with Gasteiger partial charge in [0, 0.05) is 17.8 Å². The maximum absolute atomic E-state index is 6.36. The smallest absolute Gasteiger partial charge is 0.222 e. The third-order valence-corrected chi connectivity index (χ3v) is 6.55. The Kier molecular flexibility index (Phi) is 7.23. The van der Waals surface area contributed by atoms with E-state index in [-0.39, 0.29) is 0 Å². The second-order valence-electron chi connectivity index (χ2n) is 6.98. The van der Waals surface area contributed by atoms with E-state index in [0.29, 0.717) is 5.95 Å². The molecule has 0 radical (unpaired) electrons. The number of halogens is 1. The summed E-state index contributed by atoms with van der Waals surface area (Å²) in [5, 5.41) is 13.3. The summed E-state index contributed by atoms with van der Waals surface area (Å²) in [6.07, 6.45) is 7.25. The molecule has 1 heterocycles. The van der Waals surface area contributed by atoms with E-state index in [2.05, 4.69) is 27.6 Å². The van der Waals surface area contributed by atoms with E-state index in [1.54, 1.807) is 11.8 Å². The van der Waals surface area contributed by atoms with Crippen molar-refractivity contribution in [3.05, 3.63) is 34.3 Å². The number of anilines is 1. The number of rotatable bonds is 9. The minimum Gasteiger partial charge on any atom is -0.368 e. The topological polar surface area (TPSA) is 68.8 Å². The highest BCUT2D eigenvalue weighted by Gasteiger charge is 2.19. The van der Waals surface area contributed by atoms with Crippen LogP contribution < -0.4 is 11.1 Å². The number of nitrogens with two attached hydrogens (primary N) is 1. The van der Waals surface area contributed by atoms with Gasteiger partial charge in [-0.05, 0) is 74.7 Å². The number of nitrogens with one attached hydrogen (secondary N) is 1. The average Bonchev–Trinajstić information content (AvgIpc) is 2.96. The van der Waals surface area contributed by atoms with Crippen LogP contribution in [0.3, 0.4) is 0 Å². The standard InChI is InChI=1S/C19H28ClN5S/c1-25-18(21)23-24-19(25)26-12-4-11-22-10-3-5-14-8-9-15-6-2-7-17(20)16(15)13-14/h2,6-7,14,22H,3-5,8-13H2,1H3,(H2,21,23). The van der Waals surface area contributed by atoms with E-state index in [1.807, 2.05) is 17.7 Å². The van der Waals surface area contributed by atoms with Crippen molar-refractivity contribution in [2.45, 2.75) is 43.7 Å². The van der Waals surface area contributed by atoms with Crippen LogP contribution in [0.4, 0.5) is 5.95 Å². The van der Waals surface area contributed by atoms with Crippen LogP contribution in [0.2, 0.25) is 5.02 Å². The largest absolute Gasteiger partial charge is 0.368 e. The molecule has 0 amide bonds. The molecule has 0 saturated carbocycles. The maximum Gasteiger partial charge on any atom is 0.222 e. The molecular weight excluding hydrogens is 366 g/mol. The number of aryl methyl sites for hydroxylation is 1. The molecule has 0 saturated heterocycles. The minimum atomic E-state index is 0.470. The van der Waals surface area contributed by atoms with Gasteiger partial charge >= 0.3 is 0 Å². The van der Waals surface area contributed by atoms with Gasteiger partial charge in [-0.15, -0.1) is 10.2 Å². The molecule has 1 aliphatic rings. The van der Waals surface area contributed by atoms with E-state index < -0.39 is 0 Å². The van der Waals surface area contributed by atoms with Gasteiger partial charge in [-0.1, -0.05) is 35.5 Å². The predicted molar refractivity (Wildman–Crippen MR) is 110 cm³/mol. The number of benzene rings is 1. The zero-order valence-electron chi connectivity index (χ0n) is 15.4. The zero-order valence-corrected chi connectivity index (χ0v) is 17.0. The van der Waals surface area contributed by atoms with Gasteiger partial charge < -0.3 is 11.1 Å². The van der Waals surface area contributed by atoms with E-state index >= 15 is 0 Å². The highest BCUT2D eigenvalue weighted by molar-refractivity contribution is 7.99. The summed E-state index contributed by atoms with van der Waals surface area (Å²) in [4.78, 5) is 0. The summed E-state index contributed by atoms with van der Waals surface area (Å²) in [7, 11) is 1.90. The molecule has 1 aromatic heterocycles. The quantitative estimate of drug-likeness (QED) is 0.502. The van der Waals surface area contributed by atoms with Crippen LogP contribution in [0.1, 0.15) is 36.8 Å². The molecule has 7 heteroatoms. The Balaban J connectivity index is 1.25. The van der Waals surface area contributed by atoms with Gasteiger partial charge in [0.05, 0.1) is 0 Å². The lowest BCUT2D eigenvalue weighted by molar-refractivity contribution is 0.409. The van der Waals surface area contributed by atoms with Crippen LogP contribution in [0.25, 0.3) is 0 Å². The second-order valence-corrected chi connectivity index (χ2v) is 8.45. The van der Waals surface area contributed by atoms with Gasteiger partial charge in [0.2, 0.25) is 5.95 Å². The van der Waals surface area contributed by atoms with Gasteiger partial charge in [-0.3, -0.25) is 4.57 Å². The van der Waals surface area contributed by atoms with Crippen molar-refractivity contribution in [2.24, 2.45) is 13.0 Å². The minimum absolute atomic E-state index is 0.470. The zero-order chi connectivity index (χ0) is 18.4. The van der Waals surface area contributed by atoms with Gasteiger partial charge in [-0.2, -0.15) is 0 Å². The Morgan fingerprint density at radius 1 is 1.31 bits per heavy atom. The summed E-state index contributed by atoms with van der Waals surface area (Å²) in [5.74, 6) is 2.27. The molecule has 5 nitrogen and oxygen atoms in total. The first kappa shape index (κ1) is 19.5. The molecule has 0 fully saturated rings. The summed E-state index contributed by atoms with van der Waals surface area (Å²) >= 11 is 8.07. The van der Waals surface area contributed by atoms with E-state index in [0.717, 1.165) is 47.8 Å². The summed E-state index contributed by atoms with van der Waals surface area (Å²) < 4.78 is 1.83. The maximum atomic E-state index is 6.36. The van der Waals surface area contributed by atoms with Crippen LogP contribution in [-0.4, -0.2) is 33.6 Å². The van der Waals surface area contributed by atoms with Crippen LogP contribution >= 0.6 is 23.4 Å². The van der Waals surface area contributed by atoms with Crippen molar-refractivity contribution in [1.29, 1.82) is 0 Å². The summed E-state index contributed by atoms with van der Waals surface area (Å²) in [6, 6.07) is 6.33. The molecule has 1 aliphatic carbocycles. The van der Waals surface area contributed by atoms with Crippen molar-refractivity contribution in [3.63, 3.8) is 0 Å². The highest BCUT2D eigenvalue weighted by atomic mass is 35.5. The highest BCUT2D eigenvalue weighted by Crippen LogP contribution is 2.32. The van der Waals surface area contributed by atoms with Gasteiger partial charge in [-0.25, -0.2) is 0 Å². The molecule has 0 spiro atoms. The Labute approximate surface area is 165 Å². The summed E-state index contributed by atoms with van der Waals surface area (Å²) in [6.45, 7) is 2.13. The van der Waals surface area contributed by atoms with E-state index in [9.17, 15) is 0 Å². The Morgan fingerprint density at radius 3 is 2.96 bits per heavy atom. The molecule has 0 aliphatic heterocycles. The van der Waals surface area contributed by atoms with Crippen molar-refractivity contribution in [2.75, 3.05) is 24.6 Å². The fourth-order valence-corrected chi connectivity index (χ4v) is 4.64. The van der Waals surface area contributed by atoms with Gasteiger partial charge in [0.25, 0.3) is 0 Å². The lowest BCUT2D eigenvalue weighted by Gasteiger charge is -2.25. The third kappa shape index (κ3) is 5.15. The first-order valence-electron chi connectivity index (χ1n) is 9.40. The molecule has 3 rings (SSSR count). The number of hydrogen-bond acceptors (Lipinski definition) is 5. The number of fused-ring (bicyclic) bond motifs is 1. The first-order chi connectivity index (χ1) is 12.6. The second kappa shape index (κ2) is 9.62. The monoisotopic (exact) mass is 393 g/mol. The molecule has 26 heavy (non-hydrogen) atoms. The van der Waals surface area contributed by atoms with Crippen molar-refractivity contribution >= 4 is 29.3 Å². The third-order valence-electron chi connectivity index (χ3n) is 5.09. The molecule has 1 aromatic carbocycles.